The Labute approximate surface area is 125 Å². The topological polar surface area (TPSA) is 24.4 Å². The summed E-state index contributed by atoms with van der Waals surface area (Å²) in [5.41, 5.74) is 0.924. The summed E-state index contributed by atoms with van der Waals surface area (Å²) < 4.78 is 13.9. The van der Waals surface area contributed by atoms with E-state index in [1.54, 1.807) is 17.8 Å². The van der Waals surface area contributed by atoms with Gasteiger partial charge in [-0.2, -0.15) is 0 Å². The fourth-order valence-corrected chi connectivity index (χ4v) is 3.34. The highest BCUT2D eigenvalue weighted by molar-refractivity contribution is 14.1. The van der Waals surface area contributed by atoms with Crippen LogP contribution in [0.2, 0.25) is 0 Å². The fourth-order valence-electron chi connectivity index (χ4n) is 1.79. The zero-order valence-corrected chi connectivity index (χ0v) is 13.4. The second-order valence-corrected chi connectivity index (χ2v) is 6.88. The second kappa shape index (κ2) is 6.23. The molecule has 98 valence electrons. The molecule has 0 saturated heterocycles. The van der Waals surface area contributed by atoms with Crippen molar-refractivity contribution in [3.63, 3.8) is 0 Å². The molecule has 0 saturated carbocycles. The maximum absolute atomic E-state index is 13.0. The smallest absolute Gasteiger partial charge is 0.161 e. The number of anilines is 1. The van der Waals surface area contributed by atoms with Gasteiger partial charge in [0.2, 0.25) is 0 Å². The number of hydrogen-bond acceptors (Lipinski definition) is 3. The van der Waals surface area contributed by atoms with Gasteiger partial charge in [0.15, 0.2) is 5.17 Å². The molecule has 1 aliphatic heterocycles. The van der Waals surface area contributed by atoms with Gasteiger partial charge in [0.25, 0.3) is 0 Å². The highest BCUT2D eigenvalue weighted by Gasteiger charge is 2.19. The Morgan fingerprint density at radius 3 is 2.94 bits per heavy atom. The molecule has 0 aromatic heterocycles. The van der Waals surface area contributed by atoms with Crippen molar-refractivity contribution in [2.45, 2.75) is 26.3 Å². The van der Waals surface area contributed by atoms with Gasteiger partial charge in [-0.3, -0.25) is 4.99 Å². The Balaban J connectivity index is 2.13. The van der Waals surface area contributed by atoms with Crippen molar-refractivity contribution in [3.05, 3.63) is 27.6 Å². The van der Waals surface area contributed by atoms with E-state index in [1.807, 2.05) is 0 Å². The number of rotatable bonds is 2. The van der Waals surface area contributed by atoms with Crippen LogP contribution in [0.15, 0.2) is 23.2 Å². The molecule has 2 rings (SSSR count). The molecular formula is C13H16FIN2S. The van der Waals surface area contributed by atoms with Crippen LogP contribution in [0.5, 0.6) is 0 Å². The van der Waals surface area contributed by atoms with Crippen LogP contribution in [0.1, 0.15) is 20.3 Å². The minimum atomic E-state index is -0.205. The Kier molecular flexibility index (Phi) is 4.89. The highest BCUT2D eigenvalue weighted by atomic mass is 127. The lowest BCUT2D eigenvalue weighted by atomic mass is 10.0. The second-order valence-electron chi connectivity index (χ2n) is 4.63. The number of nitrogens with zero attached hydrogens (tertiary/aromatic N) is 1. The molecule has 0 fully saturated rings. The SMILES string of the molecule is CC(C)C1CCSC(Nc2ccc(F)cc2I)=N1. The first-order valence-corrected chi connectivity index (χ1v) is 8.05. The van der Waals surface area contributed by atoms with Crippen LogP contribution in [0, 0.1) is 15.3 Å². The molecule has 1 aromatic rings. The number of aliphatic imine (C=N–C) groups is 1. The first-order valence-electron chi connectivity index (χ1n) is 5.99. The molecular weight excluding hydrogens is 362 g/mol. The molecule has 0 amide bonds. The van der Waals surface area contributed by atoms with Gasteiger partial charge in [-0.05, 0) is 53.1 Å². The minimum absolute atomic E-state index is 0.205. The summed E-state index contributed by atoms with van der Waals surface area (Å²) in [5, 5.41) is 4.25. The van der Waals surface area contributed by atoms with Crippen LogP contribution >= 0.6 is 34.4 Å². The van der Waals surface area contributed by atoms with Crippen LogP contribution < -0.4 is 5.32 Å². The normalized spacial score (nSPS) is 19.8. The third-order valence-electron chi connectivity index (χ3n) is 2.88. The number of benzene rings is 1. The van der Waals surface area contributed by atoms with Crippen molar-refractivity contribution in [3.8, 4) is 0 Å². The summed E-state index contributed by atoms with van der Waals surface area (Å²) in [4.78, 5) is 4.71. The standard InChI is InChI=1S/C13H16FIN2S/c1-8(2)11-5-6-18-13(16-11)17-12-4-3-9(14)7-10(12)15/h3-4,7-8,11H,5-6H2,1-2H3,(H,16,17). The van der Waals surface area contributed by atoms with Crippen LogP contribution in [0.4, 0.5) is 10.1 Å². The Morgan fingerprint density at radius 2 is 2.28 bits per heavy atom. The van der Waals surface area contributed by atoms with E-state index in [4.69, 9.17) is 4.99 Å². The monoisotopic (exact) mass is 378 g/mol. The van der Waals surface area contributed by atoms with Gasteiger partial charge in [-0.15, -0.1) is 0 Å². The first kappa shape index (κ1) is 14.1. The highest BCUT2D eigenvalue weighted by Crippen LogP contribution is 2.25. The number of hydrogen-bond donors (Lipinski definition) is 1. The van der Waals surface area contributed by atoms with E-state index < -0.39 is 0 Å². The van der Waals surface area contributed by atoms with E-state index in [2.05, 4.69) is 41.8 Å². The zero-order valence-electron chi connectivity index (χ0n) is 10.4. The summed E-state index contributed by atoms with van der Waals surface area (Å²) in [7, 11) is 0. The molecule has 1 atom stereocenters. The summed E-state index contributed by atoms with van der Waals surface area (Å²) in [6.45, 7) is 4.40. The van der Waals surface area contributed by atoms with Gasteiger partial charge in [0.1, 0.15) is 5.82 Å². The average molecular weight is 378 g/mol. The number of halogens is 2. The van der Waals surface area contributed by atoms with Crippen molar-refractivity contribution in [1.29, 1.82) is 0 Å². The van der Waals surface area contributed by atoms with Crippen LogP contribution in [0.25, 0.3) is 0 Å². The van der Waals surface area contributed by atoms with Crippen molar-refractivity contribution in [2.24, 2.45) is 10.9 Å². The summed E-state index contributed by atoms with van der Waals surface area (Å²) in [6.07, 6.45) is 1.13. The third-order valence-corrected chi connectivity index (χ3v) is 4.69. The summed E-state index contributed by atoms with van der Waals surface area (Å²) >= 11 is 3.87. The lowest BCUT2D eigenvalue weighted by Gasteiger charge is -2.23. The van der Waals surface area contributed by atoms with E-state index in [9.17, 15) is 4.39 Å². The van der Waals surface area contributed by atoms with Crippen LogP contribution in [0.3, 0.4) is 0 Å². The van der Waals surface area contributed by atoms with E-state index in [-0.39, 0.29) is 5.82 Å². The lowest BCUT2D eigenvalue weighted by Crippen LogP contribution is -2.24. The Morgan fingerprint density at radius 1 is 1.50 bits per heavy atom. The molecule has 0 radical (unpaired) electrons. The quantitative estimate of drug-likeness (QED) is 0.774. The predicted molar refractivity (Wildman–Crippen MR) is 85.9 cm³/mol. The van der Waals surface area contributed by atoms with Crippen molar-refractivity contribution < 1.29 is 4.39 Å². The van der Waals surface area contributed by atoms with Crippen molar-refractivity contribution >= 4 is 45.2 Å². The molecule has 2 nitrogen and oxygen atoms in total. The fraction of sp³-hybridized carbons (Fsp3) is 0.462. The van der Waals surface area contributed by atoms with E-state index in [0.717, 1.165) is 26.6 Å². The maximum Gasteiger partial charge on any atom is 0.161 e. The third kappa shape index (κ3) is 3.60. The van der Waals surface area contributed by atoms with Gasteiger partial charge in [0, 0.05) is 9.32 Å². The number of amidine groups is 1. The van der Waals surface area contributed by atoms with Crippen molar-refractivity contribution in [1.82, 2.24) is 0 Å². The summed E-state index contributed by atoms with van der Waals surface area (Å²) in [6, 6.07) is 5.15. The van der Waals surface area contributed by atoms with Crippen LogP contribution in [-0.4, -0.2) is 17.0 Å². The molecule has 1 unspecified atom stereocenters. The zero-order chi connectivity index (χ0) is 13.1. The molecule has 5 heteroatoms. The molecule has 1 N–H and O–H groups in total. The predicted octanol–water partition coefficient (Wildman–Crippen LogP) is 4.36. The lowest BCUT2D eigenvalue weighted by molar-refractivity contribution is 0.485. The van der Waals surface area contributed by atoms with Crippen molar-refractivity contribution in [2.75, 3.05) is 11.1 Å². The van der Waals surface area contributed by atoms with Gasteiger partial charge in [-0.1, -0.05) is 25.6 Å². The van der Waals surface area contributed by atoms with E-state index in [1.165, 1.54) is 12.1 Å². The maximum atomic E-state index is 13.0. The summed E-state index contributed by atoms with van der Waals surface area (Å²) in [5.74, 6) is 1.45. The van der Waals surface area contributed by atoms with E-state index >= 15 is 0 Å². The van der Waals surface area contributed by atoms with E-state index in [0.29, 0.717) is 12.0 Å². The molecule has 1 aliphatic rings. The molecule has 0 aliphatic carbocycles. The van der Waals surface area contributed by atoms with Gasteiger partial charge in [-0.25, -0.2) is 4.39 Å². The number of nitrogens with one attached hydrogen (secondary N) is 1. The molecule has 18 heavy (non-hydrogen) atoms. The van der Waals surface area contributed by atoms with Crippen LogP contribution in [-0.2, 0) is 0 Å². The molecule has 1 heterocycles. The number of thioether (sulfide) groups is 1. The Hall–Kier alpha value is -0.300. The van der Waals surface area contributed by atoms with Gasteiger partial charge < -0.3 is 5.32 Å². The van der Waals surface area contributed by atoms with Gasteiger partial charge in [0.05, 0.1) is 11.7 Å². The van der Waals surface area contributed by atoms with Gasteiger partial charge >= 0.3 is 0 Å². The molecule has 1 aromatic carbocycles. The first-order chi connectivity index (χ1) is 8.56. The largest absolute Gasteiger partial charge is 0.334 e. The molecule has 0 bridgehead atoms. The minimum Gasteiger partial charge on any atom is -0.334 e. The molecule has 0 spiro atoms. The Bertz CT molecular complexity index is 462. The average Bonchev–Trinajstić information content (AvgIpc) is 2.33.